The van der Waals surface area contributed by atoms with E-state index in [0.29, 0.717) is 35.8 Å². The maximum Gasteiger partial charge on any atom is 0.243 e. The molecule has 2 aliphatic heterocycles. The highest BCUT2D eigenvalue weighted by atomic mass is 32.2. The number of aryl methyl sites for hydroxylation is 1. The van der Waals surface area contributed by atoms with Gasteiger partial charge in [-0.2, -0.15) is 4.31 Å². The van der Waals surface area contributed by atoms with Crippen LogP contribution in [0, 0.1) is 6.92 Å². The van der Waals surface area contributed by atoms with E-state index in [2.05, 4.69) is 11.9 Å². The normalized spacial score (nSPS) is 27.7. The van der Waals surface area contributed by atoms with Crippen molar-refractivity contribution in [3.8, 4) is 0 Å². The number of hydrogen-bond acceptors (Lipinski definition) is 4. The predicted molar refractivity (Wildman–Crippen MR) is 83.5 cm³/mol. The number of sulfonamides is 1. The highest BCUT2D eigenvalue weighted by Gasteiger charge is 2.38. The highest BCUT2D eigenvalue weighted by molar-refractivity contribution is 7.89. The number of nitrogen functional groups attached to an aromatic ring is 1. The number of fused-ring (bicyclic) bond motifs is 2. The molecular formula is C15H23N3O2S. The van der Waals surface area contributed by atoms with E-state index in [0.717, 1.165) is 18.4 Å². The molecule has 0 radical (unpaired) electrons. The van der Waals surface area contributed by atoms with Gasteiger partial charge in [-0.3, -0.25) is 4.90 Å². The van der Waals surface area contributed by atoms with Crippen molar-refractivity contribution in [1.82, 2.24) is 9.21 Å². The first-order chi connectivity index (χ1) is 9.89. The van der Waals surface area contributed by atoms with Crippen molar-refractivity contribution in [2.45, 2.75) is 43.2 Å². The van der Waals surface area contributed by atoms with Crippen molar-refractivity contribution in [3.05, 3.63) is 23.8 Å². The summed E-state index contributed by atoms with van der Waals surface area (Å²) in [5.74, 6) is 0. The van der Waals surface area contributed by atoms with Crippen molar-refractivity contribution in [3.63, 3.8) is 0 Å². The molecule has 2 N–H and O–H groups in total. The lowest BCUT2D eigenvalue weighted by atomic mass is 10.1. The van der Waals surface area contributed by atoms with Crippen LogP contribution in [-0.4, -0.2) is 49.8 Å². The second-order valence-corrected chi connectivity index (χ2v) is 8.16. The minimum Gasteiger partial charge on any atom is -0.399 e. The summed E-state index contributed by atoms with van der Waals surface area (Å²) in [6.45, 7) is 3.04. The molecule has 2 atom stereocenters. The number of nitrogens with two attached hydrogens (primary N) is 1. The van der Waals surface area contributed by atoms with Crippen LogP contribution in [0.25, 0.3) is 0 Å². The summed E-state index contributed by atoms with van der Waals surface area (Å²) in [4.78, 5) is 2.71. The summed E-state index contributed by atoms with van der Waals surface area (Å²) in [6, 6.07) is 5.85. The van der Waals surface area contributed by atoms with Crippen molar-refractivity contribution in [2.75, 3.05) is 25.9 Å². The molecule has 2 fully saturated rings. The smallest absolute Gasteiger partial charge is 0.243 e. The molecule has 5 nitrogen and oxygen atoms in total. The van der Waals surface area contributed by atoms with Gasteiger partial charge in [0.1, 0.15) is 0 Å². The third kappa shape index (κ3) is 2.56. The van der Waals surface area contributed by atoms with Crippen molar-refractivity contribution in [2.24, 2.45) is 0 Å². The van der Waals surface area contributed by atoms with Crippen LogP contribution in [0.5, 0.6) is 0 Å². The molecule has 0 aliphatic carbocycles. The molecule has 6 heteroatoms. The number of likely N-dealkylation sites (N-methyl/N-ethyl adjacent to an activating group) is 1. The van der Waals surface area contributed by atoms with E-state index in [4.69, 9.17) is 5.73 Å². The van der Waals surface area contributed by atoms with Gasteiger partial charge < -0.3 is 5.73 Å². The third-order valence-electron chi connectivity index (χ3n) is 4.99. The second kappa shape index (κ2) is 5.26. The van der Waals surface area contributed by atoms with Crippen LogP contribution in [-0.2, 0) is 10.0 Å². The van der Waals surface area contributed by atoms with E-state index in [-0.39, 0.29) is 0 Å². The second-order valence-electron chi connectivity index (χ2n) is 6.22. The molecule has 1 aromatic rings. The molecule has 116 valence electrons. The fourth-order valence-corrected chi connectivity index (χ4v) is 5.03. The van der Waals surface area contributed by atoms with Gasteiger partial charge in [0.15, 0.2) is 0 Å². The summed E-state index contributed by atoms with van der Waals surface area (Å²) in [5.41, 5.74) is 7.23. The summed E-state index contributed by atoms with van der Waals surface area (Å²) in [7, 11) is -1.30. The van der Waals surface area contributed by atoms with Crippen molar-refractivity contribution < 1.29 is 8.42 Å². The molecule has 0 saturated carbocycles. The average Bonchev–Trinajstić information content (AvgIpc) is 2.65. The van der Waals surface area contributed by atoms with Gasteiger partial charge in [0, 0.05) is 30.9 Å². The number of benzene rings is 1. The van der Waals surface area contributed by atoms with Crippen LogP contribution in [0.1, 0.15) is 24.8 Å². The Bertz CT molecular complexity index is 644. The van der Waals surface area contributed by atoms with Gasteiger partial charge in [0.2, 0.25) is 10.0 Å². The first-order valence-corrected chi connectivity index (χ1v) is 8.92. The zero-order valence-corrected chi connectivity index (χ0v) is 13.4. The fourth-order valence-electron chi connectivity index (χ4n) is 3.45. The van der Waals surface area contributed by atoms with Crippen LogP contribution in [0.3, 0.4) is 0 Å². The molecule has 2 aliphatic rings. The highest BCUT2D eigenvalue weighted by Crippen LogP contribution is 2.31. The molecule has 2 heterocycles. The monoisotopic (exact) mass is 309 g/mol. The minimum absolute atomic E-state index is 0.349. The van der Waals surface area contributed by atoms with Crippen molar-refractivity contribution in [1.29, 1.82) is 0 Å². The van der Waals surface area contributed by atoms with E-state index in [1.807, 2.05) is 6.92 Å². The number of hydrogen-bond donors (Lipinski definition) is 1. The first kappa shape index (κ1) is 14.8. The summed E-state index contributed by atoms with van der Waals surface area (Å²) >= 11 is 0. The Labute approximate surface area is 126 Å². The van der Waals surface area contributed by atoms with Crippen LogP contribution in [0.15, 0.2) is 23.1 Å². The van der Waals surface area contributed by atoms with Crippen LogP contribution >= 0.6 is 0 Å². The van der Waals surface area contributed by atoms with E-state index < -0.39 is 10.0 Å². The van der Waals surface area contributed by atoms with E-state index in [1.54, 1.807) is 22.5 Å². The van der Waals surface area contributed by atoms with Gasteiger partial charge in [-0.1, -0.05) is 0 Å². The number of nitrogens with zero attached hydrogens (tertiary/aromatic N) is 2. The average molecular weight is 309 g/mol. The molecule has 1 aromatic carbocycles. The Kier molecular flexibility index (Phi) is 3.71. The summed E-state index contributed by atoms with van der Waals surface area (Å²) in [5, 5.41) is 0. The van der Waals surface area contributed by atoms with E-state index in [9.17, 15) is 8.42 Å². The molecule has 3 rings (SSSR count). The van der Waals surface area contributed by atoms with E-state index in [1.165, 1.54) is 6.42 Å². The zero-order valence-electron chi connectivity index (χ0n) is 12.6. The lowest BCUT2D eigenvalue weighted by Crippen LogP contribution is -2.39. The van der Waals surface area contributed by atoms with Gasteiger partial charge in [-0.05, 0) is 57.0 Å². The number of anilines is 1. The maximum absolute atomic E-state index is 12.9. The van der Waals surface area contributed by atoms with Gasteiger partial charge >= 0.3 is 0 Å². The quantitative estimate of drug-likeness (QED) is 0.839. The Morgan fingerprint density at radius 2 is 1.90 bits per heavy atom. The Morgan fingerprint density at radius 1 is 1.19 bits per heavy atom. The van der Waals surface area contributed by atoms with Crippen LogP contribution in [0.4, 0.5) is 5.69 Å². The lowest BCUT2D eigenvalue weighted by molar-refractivity contribution is 0.246. The lowest BCUT2D eigenvalue weighted by Gasteiger charge is -2.25. The fraction of sp³-hybridized carbons (Fsp3) is 0.600. The van der Waals surface area contributed by atoms with Gasteiger partial charge in [0.05, 0.1) is 4.90 Å². The van der Waals surface area contributed by atoms with Gasteiger partial charge in [-0.15, -0.1) is 0 Å². The van der Waals surface area contributed by atoms with Gasteiger partial charge in [-0.25, -0.2) is 8.42 Å². The third-order valence-corrected chi connectivity index (χ3v) is 6.85. The SMILES string of the molecule is Cc1cc(S(=O)(=O)N2CCC3CCC(C2)N3C)ccc1N. The van der Waals surface area contributed by atoms with Crippen molar-refractivity contribution >= 4 is 15.7 Å². The maximum atomic E-state index is 12.9. The first-order valence-electron chi connectivity index (χ1n) is 7.48. The minimum atomic E-state index is -3.42. The molecule has 0 amide bonds. The molecule has 21 heavy (non-hydrogen) atoms. The zero-order chi connectivity index (χ0) is 15.2. The largest absolute Gasteiger partial charge is 0.399 e. The Hall–Kier alpha value is -1.11. The van der Waals surface area contributed by atoms with E-state index >= 15 is 0 Å². The summed E-state index contributed by atoms with van der Waals surface area (Å²) in [6.07, 6.45) is 3.20. The van der Waals surface area contributed by atoms with Crippen LogP contribution < -0.4 is 5.73 Å². The summed E-state index contributed by atoms with van der Waals surface area (Å²) < 4.78 is 27.4. The van der Waals surface area contributed by atoms with Gasteiger partial charge in [0.25, 0.3) is 0 Å². The molecule has 0 aromatic heterocycles. The van der Waals surface area contributed by atoms with Crippen LogP contribution in [0.2, 0.25) is 0 Å². The molecule has 2 bridgehead atoms. The number of rotatable bonds is 2. The molecule has 2 unspecified atom stereocenters. The molecule has 2 saturated heterocycles. The Morgan fingerprint density at radius 3 is 2.62 bits per heavy atom. The predicted octanol–water partition coefficient (Wildman–Crippen LogP) is 1.43. The standard InChI is InChI=1S/C15H23N3O2S/c1-11-9-14(5-6-15(11)16)21(19,20)18-8-7-12-3-4-13(10-18)17(12)2/h5-6,9,12-13H,3-4,7-8,10,16H2,1-2H3. The molecule has 0 spiro atoms. The molecular weight excluding hydrogens is 286 g/mol. The topological polar surface area (TPSA) is 66.6 Å². The Balaban J connectivity index is 1.89.